The molecule has 3 unspecified atom stereocenters. The van der Waals surface area contributed by atoms with Gasteiger partial charge in [0.2, 0.25) is 0 Å². The van der Waals surface area contributed by atoms with Crippen LogP contribution in [0.25, 0.3) is 0 Å². The zero-order chi connectivity index (χ0) is 18.6. The minimum absolute atomic E-state index is 0. The molecule has 140 valence electrons. The molecule has 0 spiro atoms. The number of hydrogen-bond acceptors (Lipinski definition) is 4. The molecule has 0 aromatic heterocycles. The Bertz CT molecular complexity index is 392. The second-order valence-corrected chi connectivity index (χ2v) is 6.74. The van der Waals surface area contributed by atoms with Crippen molar-refractivity contribution in [2.75, 3.05) is 32.8 Å². The number of nitrogens with zero attached hydrogens (tertiary/aromatic N) is 1. The van der Waals surface area contributed by atoms with Gasteiger partial charge in [0.05, 0.1) is 26.2 Å². The third-order valence-electron chi connectivity index (χ3n) is 4.38. The Morgan fingerprint density at radius 1 is 1.08 bits per heavy atom. The van der Waals surface area contributed by atoms with Gasteiger partial charge in [-0.05, 0) is 13.3 Å². The number of aliphatic carboxylic acids is 2. The van der Waals surface area contributed by atoms with E-state index in [2.05, 4.69) is 19.1 Å². The van der Waals surface area contributed by atoms with Gasteiger partial charge >= 0.3 is 24.8 Å². The summed E-state index contributed by atoms with van der Waals surface area (Å²) in [7, 11) is 0. The number of rotatable bonds is 14. The van der Waals surface area contributed by atoms with E-state index in [-0.39, 0.29) is 36.5 Å². The summed E-state index contributed by atoms with van der Waals surface area (Å²) in [5.41, 5.74) is 0. The van der Waals surface area contributed by atoms with E-state index in [1.807, 2.05) is 0 Å². The molecule has 0 aliphatic carbocycles. The van der Waals surface area contributed by atoms with E-state index < -0.39 is 23.8 Å². The summed E-state index contributed by atoms with van der Waals surface area (Å²) in [5, 5.41) is 29.8. The molecule has 0 saturated carbocycles. The fraction of sp³-hybridized carbons (Fsp3) is 0.778. The number of carbonyl (C=O) groups is 2. The van der Waals surface area contributed by atoms with E-state index in [4.69, 9.17) is 0 Å². The molecule has 2 N–H and O–H groups in total. The van der Waals surface area contributed by atoms with Gasteiger partial charge < -0.3 is 24.6 Å². The normalized spacial score (nSPS) is 16.0. The van der Waals surface area contributed by atoms with Crippen molar-refractivity contribution in [3.63, 3.8) is 0 Å². The average Bonchev–Trinajstić information content (AvgIpc) is 2.50. The zero-order valence-electron chi connectivity index (χ0n) is 16.2. The van der Waals surface area contributed by atoms with E-state index in [0.717, 1.165) is 25.7 Å². The molecule has 7 heteroatoms. The zero-order valence-corrected chi connectivity index (χ0v) is 16.2. The molecule has 0 aliphatic rings. The molecule has 0 saturated heterocycles. The van der Waals surface area contributed by atoms with Crippen LogP contribution in [0.3, 0.4) is 0 Å². The Morgan fingerprint density at radius 2 is 1.64 bits per heavy atom. The van der Waals surface area contributed by atoms with Crippen LogP contribution in [0.5, 0.6) is 0 Å². The molecule has 0 aromatic rings. The molecule has 0 amide bonds. The molecule has 0 fully saturated rings. The Balaban J connectivity index is 0. The van der Waals surface area contributed by atoms with Gasteiger partial charge in [-0.25, -0.2) is 0 Å². The van der Waals surface area contributed by atoms with Crippen LogP contribution in [0, 0.1) is 11.8 Å². The summed E-state index contributed by atoms with van der Waals surface area (Å²) in [6.07, 6.45) is 8.18. The average molecular weight is 350 g/mol. The summed E-state index contributed by atoms with van der Waals surface area (Å²) >= 11 is 0. The van der Waals surface area contributed by atoms with E-state index >= 15 is 0 Å². The minimum atomic E-state index is -1.14. The third kappa shape index (κ3) is 11.4. The smallest absolute Gasteiger partial charge is 0.550 e. The maximum Gasteiger partial charge on any atom is 1.00 e. The predicted octanol–water partition coefficient (Wildman–Crippen LogP) is -1.96. The maximum atomic E-state index is 11.2. The molecule has 0 heterocycles. The Morgan fingerprint density at radius 3 is 2.12 bits per heavy atom. The Labute approximate surface area is 163 Å². The number of carboxylic acid groups (broad SMARTS) is 2. The van der Waals surface area contributed by atoms with E-state index in [9.17, 15) is 24.9 Å². The van der Waals surface area contributed by atoms with Crippen molar-refractivity contribution in [3.05, 3.63) is 12.2 Å². The number of carbonyl (C=O) groups excluding carboxylic acids is 1. The van der Waals surface area contributed by atoms with Crippen molar-refractivity contribution in [1.82, 2.24) is 0 Å². The van der Waals surface area contributed by atoms with Crippen LogP contribution in [0.2, 0.25) is 0 Å². The van der Waals surface area contributed by atoms with Gasteiger partial charge in [-0.3, -0.25) is 4.79 Å². The van der Waals surface area contributed by atoms with Gasteiger partial charge in [0.25, 0.3) is 0 Å². The van der Waals surface area contributed by atoms with Crippen molar-refractivity contribution >= 4 is 11.9 Å². The van der Waals surface area contributed by atoms with Gasteiger partial charge in [0, 0.05) is 18.3 Å². The van der Waals surface area contributed by atoms with Crippen molar-refractivity contribution in [3.8, 4) is 0 Å². The van der Waals surface area contributed by atoms with Crippen molar-refractivity contribution in [2.45, 2.75) is 46.5 Å². The molecular formula is C18H33LiNO5+. The van der Waals surface area contributed by atoms with E-state index in [0.29, 0.717) is 19.6 Å². The first-order valence-electron chi connectivity index (χ1n) is 8.82. The molecule has 3 atom stereocenters. The quantitative estimate of drug-likeness (QED) is 0.164. The third-order valence-corrected chi connectivity index (χ3v) is 4.38. The molecule has 6 nitrogen and oxygen atoms in total. The van der Waals surface area contributed by atoms with Crippen LogP contribution < -0.4 is 24.0 Å². The summed E-state index contributed by atoms with van der Waals surface area (Å²) in [5.74, 6) is -3.34. The first-order valence-corrected chi connectivity index (χ1v) is 8.82. The van der Waals surface area contributed by atoms with E-state index in [1.54, 1.807) is 13.8 Å². The number of unbranched alkanes of at least 4 members (excludes halogenated alkanes) is 2. The number of aliphatic hydroxyl groups is 1. The van der Waals surface area contributed by atoms with Gasteiger partial charge in [0.15, 0.2) is 0 Å². The van der Waals surface area contributed by atoms with Crippen molar-refractivity contribution in [1.29, 1.82) is 0 Å². The van der Waals surface area contributed by atoms with Crippen LogP contribution in [-0.4, -0.2) is 59.4 Å². The maximum absolute atomic E-state index is 11.2. The van der Waals surface area contributed by atoms with Crippen molar-refractivity contribution < 1.29 is 48.3 Å². The standard InChI is InChI=1S/C18H33NO5.Li/c1-4-5-6-7-8-9-10-19(11-12-20,13-15(2)17(21)22)14-16(3)18(23)24;/h7-8,15-16,20H,4-6,9-14H2,1-3H3,(H-,21,22,23,24);/q;+1/b8-7+;. The molecule has 0 bridgehead atoms. The number of hydrogen-bond donors (Lipinski definition) is 2. The second-order valence-electron chi connectivity index (χ2n) is 6.74. The fourth-order valence-electron chi connectivity index (χ4n) is 2.98. The van der Waals surface area contributed by atoms with Crippen LogP contribution in [0.1, 0.15) is 46.5 Å². The molecule has 25 heavy (non-hydrogen) atoms. The first kappa shape index (κ1) is 26.4. The minimum Gasteiger partial charge on any atom is -0.550 e. The van der Waals surface area contributed by atoms with Gasteiger partial charge in [-0.1, -0.05) is 38.8 Å². The number of aliphatic hydroxyl groups excluding tert-OH is 1. The van der Waals surface area contributed by atoms with Gasteiger partial charge in [-0.2, -0.15) is 0 Å². The van der Waals surface area contributed by atoms with Crippen LogP contribution in [-0.2, 0) is 9.59 Å². The van der Waals surface area contributed by atoms with Gasteiger partial charge in [0.1, 0.15) is 12.5 Å². The monoisotopic (exact) mass is 350 g/mol. The van der Waals surface area contributed by atoms with Crippen molar-refractivity contribution in [2.24, 2.45) is 11.8 Å². The van der Waals surface area contributed by atoms with E-state index in [1.165, 1.54) is 0 Å². The van der Waals surface area contributed by atoms with Gasteiger partial charge in [-0.15, -0.1) is 0 Å². The summed E-state index contributed by atoms with van der Waals surface area (Å²) in [6, 6.07) is 0. The molecule has 0 aromatic carbocycles. The molecule has 0 rings (SSSR count). The number of carboxylic acids is 2. The SMILES string of the molecule is CCCC/C=C/CC[N+](CCO)(CC(C)C(=O)[O-])CC(C)C(=O)O.[Li+]. The second kappa shape index (κ2) is 14.4. The predicted molar refractivity (Wildman–Crippen MR) is 91.1 cm³/mol. The van der Waals surface area contributed by atoms with Crippen LogP contribution in [0.15, 0.2) is 12.2 Å². The van der Waals surface area contributed by atoms with Crippen LogP contribution >= 0.6 is 0 Å². The molecule has 0 radical (unpaired) electrons. The topological polar surface area (TPSA) is 97.7 Å². The summed E-state index contributed by atoms with van der Waals surface area (Å²) < 4.78 is 0.275. The molecular weight excluding hydrogens is 317 g/mol. The van der Waals surface area contributed by atoms with Crippen LogP contribution in [0.4, 0.5) is 0 Å². The summed E-state index contributed by atoms with van der Waals surface area (Å²) in [6.45, 7) is 6.74. The Kier molecular flexibility index (Phi) is 15.2. The largest absolute Gasteiger partial charge is 1.00 e. The number of allylic oxidation sites excluding steroid dienone is 1. The first-order chi connectivity index (χ1) is 11.3. The number of quaternary nitrogens is 1. The summed E-state index contributed by atoms with van der Waals surface area (Å²) in [4.78, 5) is 22.4. The Hall–Kier alpha value is -0.803. The molecule has 0 aliphatic heterocycles. The fourth-order valence-corrected chi connectivity index (χ4v) is 2.98.